The van der Waals surface area contributed by atoms with E-state index in [1.807, 2.05) is 12.2 Å². The summed E-state index contributed by atoms with van der Waals surface area (Å²) >= 11 is 0. The van der Waals surface area contributed by atoms with E-state index in [9.17, 15) is 14.4 Å². The van der Waals surface area contributed by atoms with Gasteiger partial charge in [-0.05, 0) is 89.9 Å². The van der Waals surface area contributed by atoms with Crippen molar-refractivity contribution in [3.63, 3.8) is 0 Å². The molecule has 6 heteroatoms. The van der Waals surface area contributed by atoms with E-state index in [0.29, 0.717) is 19.3 Å². The summed E-state index contributed by atoms with van der Waals surface area (Å²) in [6, 6.07) is 0. The zero-order valence-corrected chi connectivity index (χ0v) is 40.8. The number of unbranched alkanes of at least 4 members (excludes halogenated alkanes) is 18. The van der Waals surface area contributed by atoms with Gasteiger partial charge in [-0.25, -0.2) is 0 Å². The number of carbonyl (C=O) groups excluding carboxylic acids is 3. The normalized spacial score (nSPS) is 12.9. The number of esters is 3. The lowest BCUT2D eigenvalue weighted by Gasteiger charge is -2.18. The molecule has 0 aliphatic heterocycles. The van der Waals surface area contributed by atoms with Crippen LogP contribution >= 0.6 is 0 Å². The van der Waals surface area contributed by atoms with Crippen LogP contribution in [-0.2, 0) is 28.6 Å². The third kappa shape index (κ3) is 49.2. The highest BCUT2D eigenvalue weighted by Crippen LogP contribution is 2.13. The van der Waals surface area contributed by atoms with Crippen molar-refractivity contribution in [1.29, 1.82) is 0 Å². The lowest BCUT2D eigenvalue weighted by molar-refractivity contribution is -0.166. The van der Waals surface area contributed by atoms with Gasteiger partial charge in [-0.1, -0.05) is 214 Å². The first-order valence-corrected chi connectivity index (χ1v) is 25.7. The fraction of sp³-hybridized carbons (Fsp3) is 0.667. The second kappa shape index (κ2) is 51.0. The molecule has 0 rings (SSSR count). The molecule has 0 saturated carbocycles. The second-order valence-electron chi connectivity index (χ2n) is 16.7. The van der Waals surface area contributed by atoms with Crippen LogP contribution in [0.2, 0.25) is 0 Å². The molecular formula is C57H94O6. The highest BCUT2D eigenvalue weighted by Gasteiger charge is 2.19. The van der Waals surface area contributed by atoms with Crippen molar-refractivity contribution in [3.8, 4) is 0 Å². The van der Waals surface area contributed by atoms with Gasteiger partial charge in [0.1, 0.15) is 13.2 Å². The number of hydrogen-bond acceptors (Lipinski definition) is 6. The smallest absolute Gasteiger partial charge is 0.306 e. The number of ether oxygens (including phenoxy) is 3. The molecule has 0 amide bonds. The van der Waals surface area contributed by atoms with Gasteiger partial charge >= 0.3 is 17.9 Å². The molecule has 0 aliphatic carbocycles. The van der Waals surface area contributed by atoms with Crippen LogP contribution in [0.25, 0.3) is 0 Å². The number of hydrogen-bond donors (Lipinski definition) is 0. The number of carbonyl (C=O) groups is 3. The lowest BCUT2D eigenvalue weighted by atomic mass is 10.1. The van der Waals surface area contributed by atoms with Crippen LogP contribution in [0.3, 0.4) is 0 Å². The van der Waals surface area contributed by atoms with Crippen molar-refractivity contribution in [2.45, 2.75) is 232 Å². The summed E-state index contributed by atoms with van der Waals surface area (Å²) in [5.41, 5.74) is 0. The van der Waals surface area contributed by atoms with E-state index < -0.39 is 6.10 Å². The summed E-state index contributed by atoms with van der Waals surface area (Å²) in [5.74, 6) is -1.01. The quantitative estimate of drug-likeness (QED) is 0.0262. The van der Waals surface area contributed by atoms with Gasteiger partial charge in [0.15, 0.2) is 6.10 Å². The molecule has 0 aromatic carbocycles. The van der Waals surface area contributed by atoms with Crippen LogP contribution in [0.1, 0.15) is 226 Å². The predicted octanol–water partition coefficient (Wildman–Crippen LogP) is 17.0. The molecule has 0 spiro atoms. The lowest BCUT2D eigenvalue weighted by Crippen LogP contribution is -2.30. The number of rotatable bonds is 45. The molecule has 0 aromatic rings. The van der Waals surface area contributed by atoms with Gasteiger partial charge in [0, 0.05) is 19.3 Å². The summed E-state index contributed by atoms with van der Waals surface area (Å²) in [4.78, 5) is 37.8. The van der Waals surface area contributed by atoms with Crippen molar-refractivity contribution >= 4 is 17.9 Å². The Balaban J connectivity index is 4.44. The van der Waals surface area contributed by atoms with Crippen LogP contribution in [0.15, 0.2) is 97.2 Å². The van der Waals surface area contributed by atoms with Crippen LogP contribution in [-0.4, -0.2) is 37.2 Å². The van der Waals surface area contributed by atoms with Crippen molar-refractivity contribution in [1.82, 2.24) is 0 Å². The zero-order valence-electron chi connectivity index (χ0n) is 40.8. The van der Waals surface area contributed by atoms with Crippen molar-refractivity contribution < 1.29 is 28.6 Å². The van der Waals surface area contributed by atoms with Gasteiger partial charge in [0.2, 0.25) is 0 Å². The molecule has 6 nitrogen and oxygen atoms in total. The minimum absolute atomic E-state index is 0.104. The van der Waals surface area contributed by atoms with E-state index in [0.717, 1.165) is 89.9 Å². The first kappa shape index (κ1) is 59.3. The largest absolute Gasteiger partial charge is 0.462 e. The van der Waals surface area contributed by atoms with Crippen LogP contribution in [0, 0.1) is 0 Å². The molecule has 0 aliphatic rings. The second-order valence-corrected chi connectivity index (χ2v) is 16.7. The molecule has 0 N–H and O–H groups in total. The third-order valence-electron chi connectivity index (χ3n) is 10.6. The minimum atomic E-state index is -0.810. The Morgan fingerprint density at radius 1 is 0.333 bits per heavy atom. The molecule has 0 saturated heterocycles. The van der Waals surface area contributed by atoms with Gasteiger partial charge in [-0.2, -0.15) is 0 Å². The van der Waals surface area contributed by atoms with E-state index >= 15 is 0 Å². The fourth-order valence-electron chi connectivity index (χ4n) is 6.73. The summed E-state index contributed by atoms with van der Waals surface area (Å²) in [6.07, 6.45) is 67.0. The van der Waals surface area contributed by atoms with E-state index in [4.69, 9.17) is 14.2 Å². The Bertz CT molecular complexity index is 1280. The maximum absolute atomic E-state index is 12.8. The Kier molecular flexibility index (Phi) is 48.0. The Morgan fingerprint density at radius 3 is 1.08 bits per heavy atom. The number of allylic oxidation sites excluding steroid dienone is 16. The Labute approximate surface area is 387 Å². The van der Waals surface area contributed by atoms with Gasteiger partial charge in [-0.15, -0.1) is 0 Å². The molecule has 1 atom stereocenters. The Hall–Kier alpha value is -3.67. The van der Waals surface area contributed by atoms with E-state index in [2.05, 4.69) is 106 Å². The SMILES string of the molecule is CC/C=C\C/C=C\C/C=C\C/C=C\C/C=C\C/C=C\CCC(=O)OCC(COC(=O)CCCCCCCCCC)OC(=O)CCCCCCCCC/C=C\C/C=C\CCCCCC. The average Bonchev–Trinajstić information content (AvgIpc) is 3.28. The molecule has 1 unspecified atom stereocenters. The van der Waals surface area contributed by atoms with Crippen LogP contribution in [0.5, 0.6) is 0 Å². The molecule has 0 heterocycles. The first-order chi connectivity index (χ1) is 31.0. The molecule has 0 bridgehead atoms. The minimum Gasteiger partial charge on any atom is -0.462 e. The molecular weight excluding hydrogens is 781 g/mol. The summed E-state index contributed by atoms with van der Waals surface area (Å²) in [5, 5.41) is 0. The topological polar surface area (TPSA) is 78.9 Å². The van der Waals surface area contributed by atoms with Gasteiger partial charge in [0.25, 0.3) is 0 Å². The average molecular weight is 875 g/mol. The maximum atomic E-state index is 12.8. The molecule has 0 aromatic heterocycles. The van der Waals surface area contributed by atoms with Crippen molar-refractivity contribution in [2.24, 2.45) is 0 Å². The summed E-state index contributed by atoms with van der Waals surface area (Å²) in [6.45, 7) is 6.40. The predicted molar refractivity (Wildman–Crippen MR) is 270 cm³/mol. The highest BCUT2D eigenvalue weighted by molar-refractivity contribution is 5.71. The maximum Gasteiger partial charge on any atom is 0.306 e. The zero-order chi connectivity index (χ0) is 45.8. The monoisotopic (exact) mass is 875 g/mol. The summed E-state index contributed by atoms with van der Waals surface area (Å²) in [7, 11) is 0. The van der Waals surface area contributed by atoms with Gasteiger partial charge in [-0.3, -0.25) is 14.4 Å². The van der Waals surface area contributed by atoms with Crippen molar-refractivity contribution in [2.75, 3.05) is 13.2 Å². The molecule has 0 fully saturated rings. The first-order valence-electron chi connectivity index (χ1n) is 25.7. The fourth-order valence-corrected chi connectivity index (χ4v) is 6.73. The standard InChI is InChI=1S/C57H94O6/c1-4-7-10-13-16-19-21-23-25-27-29-31-32-34-36-38-41-44-47-50-56(59)62-53-54(52-61-55(58)49-46-43-40-18-15-12-9-6-3)63-57(60)51-48-45-42-39-37-35-33-30-28-26-24-22-20-17-14-11-8-5-2/h7,10,16,19-20,22-23,25-26,28-29,31,34,36,41,44,54H,4-6,8-9,11-15,17-18,21,24,27,30,32-33,35,37-40,42-43,45-53H2,1-3H3/b10-7-,19-16-,22-20-,25-23-,28-26-,31-29-,36-34-,44-41-. The highest BCUT2D eigenvalue weighted by atomic mass is 16.6. The van der Waals surface area contributed by atoms with Gasteiger partial charge < -0.3 is 14.2 Å². The van der Waals surface area contributed by atoms with Gasteiger partial charge in [0.05, 0.1) is 0 Å². The third-order valence-corrected chi connectivity index (χ3v) is 10.6. The molecule has 358 valence electrons. The summed E-state index contributed by atoms with van der Waals surface area (Å²) < 4.78 is 16.7. The molecule has 63 heavy (non-hydrogen) atoms. The van der Waals surface area contributed by atoms with Crippen molar-refractivity contribution in [3.05, 3.63) is 97.2 Å². The van der Waals surface area contributed by atoms with E-state index in [-0.39, 0.29) is 37.5 Å². The van der Waals surface area contributed by atoms with Crippen LogP contribution < -0.4 is 0 Å². The van der Waals surface area contributed by atoms with Crippen LogP contribution in [0.4, 0.5) is 0 Å². The Morgan fingerprint density at radius 2 is 0.651 bits per heavy atom. The molecule has 0 radical (unpaired) electrons. The van der Waals surface area contributed by atoms with E-state index in [1.165, 1.54) is 89.9 Å². The van der Waals surface area contributed by atoms with E-state index in [1.54, 1.807) is 0 Å².